The molecule has 1 atom stereocenters. The third-order valence-electron chi connectivity index (χ3n) is 2.63. The molecule has 0 saturated carbocycles. The van der Waals surface area contributed by atoms with Crippen LogP contribution in [0.25, 0.3) is 0 Å². The minimum Gasteiger partial charge on any atom is -0.367 e. The maximum atomic E-state index is 5.82. The summed E-state index contributed by atoms with van der Waals surface area (Å²) in [5.74, 6) is 0. The lowest BCUT2D eigenvalue weighted by Crippen LogP contribution is -2.07. The molecule has 2 N–H and O–H groups in total. The van der Waals surface area contributed by atoms with E-state index in [1.807, 2.05) is 25.1 Å². The van der Waals surface area contributed by atoms with E-state index in [9.17, 15) is 0 Å². The molecule has 2 rings (SSSR count). The van der Waals surface area contributed by atoms with Gasteiger partial charge in [-0.25, -0.2) is 4.98 Å². The number of aromatic nitrogens is 1. The molecular weight excluding hydrogens is 244 g/mol. The average Bonchev–Trinajstić information content (AvgIpc) is 2.86. The third-order valence-corrected chi connectivity index (χ3v) is 3.57. The molecule has 18 heavy (non-hydrogen) atoms. The maximum Gasteiger partial charge on any atom is 0.134 e. The van der Waals surface area contributed by atoms with E-state index in [0.717, 1.165) is 22.7 Å². The van der Waals surface area contributed by atoms with Crippen LogP contribution in [0.1, 0.15) is 29.3 Å². The summed E-state index contributed by atoms with van der Waals surface area (Å²) in [4.78, 5) is 4.61. The Morgan fingerprint density at radius 2 is 2.11 bits per heavy atom. The highest BCUT2D eigenvalue weighted by Crippen LogP contribution is 2.28. The lowest BCUT2D eigenvalue weighted by atomic mass is 10.1. The van der Waals surface area contributed by atoms with Gasteiger partial charge in [-0.1, -0.05) is 30.3 Å². The molecule has 0 fully saturated rings. The number of rotatable bonds is 6. The van der Waals surface area contributed by atoms with Crippen LogP contribution in [0.3, 0.4) is 0 Å². The Balaban J connectivity index is 2.23. The number of benzene rings is 1. The van der Waals surface area contributed by atoms with E-state index in [1.54, 1.807) is 11.3 Å². The molecule has 2 aromatic rings. The quantitative estimate of drug-likeness (QED) is 0.871. The van der Waals surface area contributed by atoms with Gasteiger partial charge in [-0.15, -0.1) is 11.3 Å². The van der Waals surface area contributed by atoms with Gasteiger partial charge < -0.3 is 10.5 Å². The Hall–Kier alpha value is -1.23. The van der Waals surface area contributed by atoms with Crippen molar-refractivity contribution >= 4 is 11.3 Å². The van der Waals surface area contributed by atoms with Gasteiger partial charge in [0.15, 0.2) is 0 Å². The largest absolute Gasteiger partial charge is 0.367 e. The molecule has 1 unspecified atom stereocenters. The first kappa shape index (κ1) is 13.2. The molecule has 1 aromatic carbocycles. The summed E-state index contributed by atoms with van der Waals surface area (Å²) < 4.78 is 5.82. The Morgan fingerprint density at radius 1 is 1.33 bits per heavy atom. The van der Waals surface area contributed by atoms with Crippen LogP contribution in [0.4, 0.5) is 0 Å². The molecule has 3 nitrogen and oxygen atoms in total. The van der Waals surface area contributed by atoms with E-state index in [-0.39, 0.29) is 6.10 Å². The first-order valence-corrected chi connectivity index (χ1v) is 7.04. The van der Waals surface area contributed by atoms with Gasteiger partial charge in [0, 0.05) is 18.4 Å². The van der Waals surface area contributed by atoms with Crippen molar-refractivity contribution in [1.29, 1.82) is 0 Å². The van der Waals surface area contributed by atoms with E-state index in [1.165, 1.54) is 0 Å². The predicted octanol–water partition coefficient (Wildman–Crippen LogP) is 2.77. The fraction of sp³-hybridized carbons (Fsp3) is 0.357. The number of nitrogens with two attached hydrogens (primary N) is 1. The smallest absolute Gasteiger partial charge is 0.134 e. The van der Waals surface area contributed by atoms with Gasteiger partial charge in [-0.05, 0) is 19.0 Å². The van der Waals surface area contributed by atoms with E-state index in [4.69, 9.17) is 10.5 Å². The molecule has 0 amide bonds. The van der Waals surface area contributed by atoms with Gasteiger partial charge in [0.2, 0.25) is 0 Å². The SMILES string of the molecule is CCOC(c1ccccc1)c1nc(CCN)cs1. The Kier molecular flexibility index (Phi) is 4.87. The van der Waals surface area contributed by atoms with Gasteiger partial charge in [-0.2, -0.15) is 0 Å². The summed E-state index contributed by atoms with van der Waals surface area (Å²) in [5.41, 5.74) is 7.75. The summed E-state index contributed by atoms with van der Waals surface area (Å²) in [6, 6.07) is 10.2. The highest BCUT2D eigenvalue weighted by molar-refractivity contribution is 7.09. The standard InChI is InChI=1S/C14H18N2OS/c1-2-17-13(11-6-4-3-5-7-11)14-16-12(8-9-15)10-18-14/h3-7,10,13H,2,8-9,15H2,1H3. The zero-order valence-electron chi connectivity index (χ0n) is 10.5. The van der Waals surface area contributed by atoms with Gasteiger partial charge in [0.1, 0.15) is 11.1 Å². The Morgan fingerprint density at radius 3 is 2.78 bits per heavy atom. The molecule has 96 valence electrons. The summed E-state index contributed by atoms with van der Waals surface area (Å²) >= 11 is 1.64. The molecule has 0 aliphatic heterocycles. The van der Waals surface area contributed by atoms with Crippen LogP contribution in [0.15, 0.2) is 35.7 Å². The topological polar surface area (TPSA) is 48.1 Å². The third kappa shape index (κ3) is 3.16. The van der Waals surface area contributed by atoms with Crippen molar-refractivity contribution in [2.75, 3.05) is 13.2 Å². The molecule has 1 aromatic heterocycles. The fourth-order valence-electron chi connectivity index (χ4n) is 1.81. The lowest BCUT2D eigenvalue weighted by molar-refractivity contribution is 0.0910. The monoisotopic (exact) mass is 262 g/mol. The normalized spacial score (nSPS) is 12.6. The van der Waals surface area contributed by atoms with Crippen molar-refractivity contribution in [3.63, 3.8) is 0 Å². The number of ether oxygens (including phenoxy) is 1. The maximum absolute atomic E-state index is 5.82. The Bertz CT molecular complexity index is 470. The molecule has 0 spiro atoms. The summed E-state index contributed by atoms with van der Waals surface area (Å²) in [5, 5.41) is 3.07. The van der Waals surface area contributed by atoms with E-state index in [0.29, 0.717) is 13.2 Å². The van der Waals surface area contributed by atoms with Gasteiger partial charge in [0.05, 0.1) is 5.69 Å². The molecule has 0 aliphatic carbocycles. The zero-order chi connectivity index (χ0) is 12.8. The van der Waals surface area contributed by atoms with Gasteiger partial charge in [-0.3, -0.25) is 0 Å². The minimum atomic E-state index is -0.0623. The average molecular weight is 262 g/mol. The van der Waals surface area contributed by atoms with Crippen LogP contribution in [-0.4, -0.2) is 18.1 Å². The minimum absolute atomic E-state index is 0.0623. The van der Waals surface area contributed by atoms with E-state index >= 15 is 0 Å². The second-order valence-electron chi connectivity index (χ2n) is 3.96. The molecule has 0 bridgehead atoms. The molecule has 0 aliphatic rings. The van der Waals surface area contributed by atoms with Gasteiger partial charge in [0.25, 0.3) is 0 Å². The first-order chi connectivity index (χ1) is 8.85. The molecule has 0 saturated heterocycles. The number of nitrogens with zero attached hydrogens (tertiary/aromatic N) is 1. The number of thiazole rings is 1. The van der Waals surface area contributed by atoms with Crippen molar-refractivity contribution < 1.29 is 4.74 Å². The van der Waals surface area contributed by atoms with Crippen LogP contribution in [0.5, 0.6) is 0 Å². The summed E-state index contributed by atoms with van der Waals surface area (Å²) in [6.45, 7) is 3.31. The Labute approximate surface area is 112 Å². The second-order valence-corrected chi connectivity index (χ2v) is 4.85. The van der Waals surface area contributed by atoms with Crippen LogP contribution in [0.2, 0.25) is 0 Å². The zero-order valence-corrected chi connectivity index (χ0v) is 11.3. The van der Waals surface area contributed by atoms with Crippen LogP contribution in [0, 0.1) is 0 Å². The molecule has 0 radical (unpaired) electrons. The predicted molar refractivity (Wildman–Crippen MR) is 74.8 cm³/mol. The first-order valence-electron chi connectivity index (χ1n) is 6.16. The van der Waals surface area contributed by atoms with Gasteiger partial charge >= 0.3 is 0 Å². The van der Waals surface area contributed by atoms with Crippen molar-refractivity contribution in [3.8, 4) is 0 Å². The van der Waals surface area contributed by atoms with Crippen LogP contribution in [-0.2, 0) is 11.2 Å². The van der Waals surface area contributed by atoms with Crippen molar-refractivity contribution in [2.24, 2.45) is 5.73 Å². The highest BCUT2D eigenvalue weighted by Gasteiger charge is 2.17. The van der Waals surface area contributed by atoms with Crippen molar-refractivity contribution in [1.82, 2.24) is 4.98 Å². The molecule has 1 heterocycles. The molecule has 4 heteroatoms. The second kappa shape index (κ2) is 6.64. The van der Waals surface area contributed by atoms with E-state index < -0.39 is 0 Å². The van der Waals surface area contributed by atoms with E-state index in [2.05, 4.69) is 22.5 Å². The summed E-state index contributed by atoms with van der Waals surface area (Å²) in [7, 11) is 0. The lowest BCUT2D eigenvalue weighted by Gasteiger charge is -2.14. The molecular formula is C14H18N2OS. The van der Waals surface area contributed by atoms with Crippen molar-refractivity contribution in [2.45, 2.75) is 19.4 Å². The fourth-order valence-corrected chi connectivity index (χ4v) is 2.74. The van der Waals surface area contributed by atoms with Crippen LogP contribution < -0.4 is 5.73 Å². The highest BCUT2D eigenvalue weighted by atomic mass is 32.1. The van der Waals surface area contributed by atoms with Crippen LogP contribution >= 0.6 is 11.3 Å². The summed E-state index contributed by atoms with van der Waals surface area (Å²) in [6.07, 6.45) is 0.761. The van der Waals surface area contributed by atoms with Crippen molar-refractivity contribution in [3.05, 3.63) is 52.0 Å². The number of hydrogen-bond acceptors (Lipinski definition) is 4. The number of hydrogen-bond donors (Lipinski definition) is 1.